The molecule has 1 aromatic carbocycles. The van der Waals surface area contributed by atoms with Crippen molar-refractivity contribution in [3.63, 3.8) is 0 Å². The lowest BCUT2D eigenvalue weighted by Gasteiger charge is -2.17. The van der Waals surface area contributed by atoms with Crippen LogP contribution in [0.15, 0.2) is 40.4 Å². The molecule has 0 saturated heterocycles. The minimum absolute atomic E-state index is 0.0674. The Labute approximate surface area is 134 Å². The molecule has 0 fully saturated rings. The molecule has 3 nitrogen and oxygen atoms in total. The first kappa shape index (κ1) is 16.1. The van der Waals surface area contributed by atoms with Crippen molar-refractivity contribution < 1.29 is 9.53 Å². The number of ether oxygens (including phenoxy) is 1. The van der Waals surface area contributed by atoms with E-state index >= 15 is 0 Å². The molecule has 0 saturated carbocycles. The van der Waals surface area contributed by atoms with Gasteiger partial charge in [0.2, 0.25) is 0 Å². The number of hydrogen-bond donors (Lipinski definition) is 1. The number of halogens is 1. The van der Waals surface area contributed by atoms with Gasteiger partial charge in [-0.05, 0) is 67.1 Å². The van der Waals surface area contributed by atoms with Crippen LogP contribution in [-0.2, 0) is 4.79 Å². The number of carbonyl (C=O) groups excluding carboxylic acids is 1. The Kier molecular flexibility index (Phi) is 6.30. The van der Waals surface area contributed by atoms with E-state index in [2.05, 4.69) is 27.3 Å². The normalized spacial score (nSPS) is 16.0. The van der Waals surface area contributed by atoms with Crippen molar-refractivity contribution in [2.24, 2.45) is 0 Å². The van der Waals surface area contributed by atoms with E-state index in [0.29, 0.717) is 12.3 Å². The lowest BCUT2D eigenvalue weighted by molar-refractivity contribution is -0.127. The van der Waals surface area contributed by atoms with Gasteiger partial charge < -0.3 is 10.1 Å². The van der Waals surface area contributed by atoms with Gasteiger partial charge in [0.1, 0.15) is 5.75 Å². The molecular formula is C17H22BrNO2. The van der Waals surface area contributed by atoms with Gasteiger partial charge >= 0.3 is 0 Å². The first-order valence-electron chi connectivity index (χ1n) is 7.53. The number of hydrogen-bond acceptors (Lipinski definition) is 2. The van der Waals surface area contributed by atoms with E-state index in [4.69, 9.17) is 4.74 Å². The van der Waals surface area contributed by atoms with Gasteiger partial charge in [-0.2, -0.15) is 0 Å². The second-order valence-electron chi connectivity index (χ2n) is 5.34. The standard InChI is InChI=1S/C17H22BrNO2/c1-13(21-16-10-6-5-9-15(16)18)17(20)19-12-11-14-7-3-2-4-8-14/h5-7,9-10,13H,2-4,8,11-12H2,1H3,(H,19,20). The third-order valence-corrected chi connectivity index (χ3v) is 4.30. The smallest absolute Gasteiger partial charge is 0.260 e. The highest BCUT2D eigenvalue weighted by Crippen LogP contribution is 2.24. The van der Waals surface area contributed by atoms with E-state index in [0.717, 1.165) is 10.9 Å². The summed E-state index contributed by atoms with van der Waals surface area (Å²) < 4.78 is 6.53. The number of carbonyl (C=O) groups is 1. The van der Waals surface area contributed by atoms with Crippen molar-refractivity contribution in [3.05, 3.63) is 40.4 Å². The topological polar surface area (TPSA) is 38.3 Å². The average molecular weight is 352 g/mol. The van der Waals surface area contributed by atoms with Crippen LogP contribution in [0.3, 0.4) is 0 Å². The third-order valence-electron chi connectivity index (χ3n) is 3.64. The van der Waals surface area contributed by atoms with Crippen molar-refractivity contribution in [1.82, 2.24) is 5.32 Å². The van der Waals surface area contributed by atoms with Gasteiger partial charge in [0.25, 0.3) is 5.91 Å². The van der Waals surface area contributed by atoms with E-state index in [1.165, 1.54) is 31.3 Å². The molecule has 0 aromatic heterocycles. The molecule has 0 spiro atoms. The van der Waals surface area contributed by atoms with Crippen LogP contribution in [0.2, 0.25) is 0 Å². The Balaban J connectivity index is 1.75. The Morgan fingerprint density at radius 1 is 1.38 bits per heavy atom. The van der Waals surface area contributed by atoms with Gasteiger partial charge in [-0.25, -0.2) is 0 Å². The second-order valence-corrected chi connectivity index (χ2v) is 6.19. The molecule has 1 aromatic rings. The predicted molar refractivity (Wildman–Crippen MR) is 88.4 cm³/mol. The molecule has 1 N–H and O–H groups in total. The highest BCUT2D eigenvalue weighted by molar-refractivity contribution is 9.10. The fraction of sp³-hybridized carbons (Fsp3) is 0.471. The third kappa shape index (κ3) is 5.20. The minimum Gasteiger partial charge on any atom is -0.480 e. The van der Waals surface area contributed by atoms with E-state index in [9.17, 15) is 4.79 Å². The van der Waals surface area contributed by atoms with Gasteiger partial charge in [0.05, 0.1) is 4.47 Å². The zero-order valence-electron chi connectivity index (χ0n) is 12.4. The van der Waals surface area contributed by atoms with Crippen molar-refractivity contribution in [2.75, 3.05) is 6.54 Å². The SMILES string of the molecule is CC(Oc1ccccc1Br)C(=O)NCCC1=CCCCC1. The summed E-state index contributed by atoms with van der Waals surface area (Å²) in [5, 5.41) is 2.95. The van der Waals surface area contributed by atoms with Crippen LogP contribution in [-0.4, -0.2) is 18.6 Å². The fourth-order valence-corrected chi connectivity index (χ4v) is 2.78. The lowest BCUT2D eigenvalue weighted by Crippen LogP contribution is -2.37. The molecule has 1 atom stereocenters. The highest BCUT2D eigenvalue weighted by Gasteiger charge is 2.15. The number of benzene rings is 1. The zero-order valence-corrected chi connectivity index (χ0v) is 14.0. The lowest BCUT2D eigenvalue weighted by atomic mass is 9.97. The Morgan fingerprint density at radius 3 is 2.90 bits per heavy atom. The molecule has 1 aliphatic rings. The molecule has 0 heterocycles. The van der Waals surface area contributed by atoms with Gasteiger partial charge in [-0.15, -0.1) is 0 Å². The molecule has 1 amide bonds. The molecule has 0 bridgehead atoms. The number of amides is 1. The van der Waals surface area contributed by atoms with Crippen LogP contribution < -0.4 is 10.1 Å². The molecule has 0 aliphatic heterocycles. The van der Waals surface area contributed by atoms with E-state index in [-0.39, 0.29) is 5.91 Å². The summed E-state index contributed by atoms with van der Waals surface area (Å²) in [5.74, 6) is 0.623. The summed E-state index contributed by atoms with van der Waals surface area (Å²) in [7, 11) is 0. The van der Waals surface area contributed by atoms with Gasteiger partial charge in [0.15, 0.2) is 6.10 Å². The van der Waals surface area contributed by atoms with Crippen LogP contribution in [0.1, 0.15) is 39.0 Å². The molecule has 114 valence electrons. The van der Waals surface area contributed by atoms with Crippen molar-refractivity contribution in [2.45, 2.75) is 45.1 Å². The van der Waals surface area contributed by atoms with Gasteiger partial charge in [0, 0.05) is 6.54 Å². The Hall–Kier alpha value is -1.29. The minimum atomic E-state index is -0.496. The maximum atomic E-state index is 12.0. The molecule has 4 heteroatoms. The van der Waals surface area contributed by atoms with Crippen LogP contribution in [0.4, 0.5) is 0 Å². The summed E-state index contributed by atoms with van der Waals surface area (Å²) in [6, 6.07) is 7.55. The van der Waals surface area contributed by atoms with E-state index in [1.54, 1.807) is 6.92 Å². The Morgan fingerprint density at radius 2 is 2.19 bits per heavy atom. The summed E-state index contributed by atoms with van der Waals surface area (Å²) in [5.41, 5.74) is 1.47. The summed E-state index contributed by atoms with van der Waals surface area (Å²) in [6.07, 6.45) is 7.71. The molecule has 1 unspecified atom stereocenters. The second kappa shape index (κ2) is 8.23. The average Bonchev–Trinajstić information content (AvgIpc) is 2.50. The first-order valence-corrected chi connectivity index (χ1v) is 8.33. The van der Waals surface area contributed by atoms with Crippen molar-refractivity contribution >= 4 is 21.8 Å². The molecular weight excluding hydrogens is 330 g/mol. The number of allylic oxidation sites excluding steroid dienone is 1. The van der Waals surface area contributed by atoms with Crippen LogP contribution in [0.5, 0.6) is 5.75 Å². The number of para-hydroxylation sites is 1. The summed E-state index contributed by atoms with van der Waals surface area (Å²) in [4.78, 5) is 12.0. The van der Waals surface area contributed by atoms with Crippen LogP contribution >= 0.6 is 15.9 Å². The zero-order chi connectivity index (χ0) is 15.1. The molecule has 0 radical (unpaired) electrons. The number of rotatable bonds is 6. The van der Waals surface area contributed by atoms with Crippen LogP contribution in [0, 0.1) is 0 Å². The fourth-order valence-electron chi connectivity index (χ4n) is 2.41. The molecule has 1 aliphatic carbocycles. The Bertz CT molecular complexity index is 513. The monoisotopic (exact) mass is 351 g/mol. The maximum Gasteiger partial charge on any atom is 0.260 e. The summed E-state index contributed by atoms with van der Waals surface area (Å²) in [6.45, 7) is 2.46. The first-order chi connectivity index (χ1) is 10.2. The van der Waals surface area contributed by atoms with E-state index < -0.39 is 6.10 Å². The van der Waals surface area contributed by atoms with Gasteiger partial charge in [-0.3, -0.25) is 4.79 Å². The van der Waals surface area contributed by atoms with Crippen molar-refractivity contribution in [1.29, 1.82) is 0 Å². The predicted octanol–water partition coefficient (Wildman–Crippen LogP) is 4.22. The largest absolute Gasteiger partial charge is 0.480 e. The van der Waals surface area contributed by atoms with Crippen molar-refractivity contribution in [3.8, 4) is 5.75 Å². The summed E-state index contributed by atoms with van der Waals surface area (Å²) >= 11 is 3.41. The molecule has 2 rings (SSSR count). The van der Waals surface area contributed by atoms with Crippen LogP contribution in [0.25, 0.3) is 0 Å². The number of nitrogens with one attached hydrogen (secondary N) is 1. The quantitative estimate of drug-likeness (QED) is 0.779. The van der Waals surface area contributed by atoms with Gasteiger partial charge in [-0.1, -0.05) is 23.8 Å². The maximum absolute atomic E-state index is 12.0. The molecule has 21 heavy (non-hydrogen) atoms. The van der Waals surface area contributed by atoms with E-state index in [1.807, 2.05) is 24.3 Å². The highest BCUT2D eigenvalue weighted by atomic mass is 79.9.